The number of nitrogens with one attached hydrogen (secondary N) is 1. The number of halogens is 4. The number of likely N-dealkylation sites (tertiary alicyclic amines) is 1. The molecule has 184 valence electrons. The Hall–Kier alpha value is -3.96. The minimum atomic E-state index is -5.01. The molecule has 0 aliphatic carbocycles. The first kappa shape index (κ1) is 24.2. The monoisotopic (exact) mass is 492 g/mol. The van der Waals surface area contributed by atoms with E-state index in [0.29, 0.717) is 16.0 Å². The van der Waals surface area contributed by atoms with Crippen LogP contribution in [-0.4, -0.2) is 63.5 Å². The van der Waals surface area contributed by atoms with Gasteiger partial charge in [-0.05, 0) is 36.2 Å². The number of hydrogen-bond acceptors (Lipinski definition) is 4. The molecular weight excluding hydrogens is 472 g/mol. The van der Waals surface area contributed by atoms with Crippen LogP contribution in [0.25, 0.3) is 10.9 Å². The molecule has 4 rings (SSSR count). The van der Waals surface area contributed by atoms with Gasteiger partial charge in [0.2, 0.25) is 0 Å². The third-order valence-electron chi connectivity index (χ3n) is 6.07. The maximum atomic E-state index is 14.6. The SMILES string of the molecule is CN(C(=O)c1cc(Cn2c(=O)[nH]c(=O)c3ccccc32)ccc1F)C1CCN(C(=O)C(F)(F)F)C1. The van der Waals surface area contributed by atoms with Crippen molar-refractivity contribution in [3.63, 3.8) is 0 Å². The van der Waals surface area contributed by atoms with Gasteiger partial charge in [-0.3, -0.25) is 23.9 Å². The highest BCUT2D eigenvalue weighted by Gasteiger charge is 2.45. The zero-order chi connectivity index (χ0) is 25.5. The number of rotatable bonds is 4. The average Bonchev–Trinajstić information content (AvgIpc) is 3.31. The number of aromatic amines is 1. The van der Waals surface area contributed by atoms with Crippen molar-refractivity contribution in [2.75, 3.05) is 20.1 Å². The normalized spacial score (nSPS) is 16.0. The minimum absolute atomic E-state index is 0.0717. The van der Waals surface area contributed by atoms with Gasteiger partial charge in [0, 0.05) is 20.1 Å². The van der Waals surface area contributed by atoms with Gasteiger partial charge in [-0.25, -0.2) is 9.18 Å². The lowest BCUT2D eigenvalue weighted by Gasteiger charge is -2.25. The van der Waals surface area contributed by atoms with Crippen LogP contribution in [0.2, 0.25) is 0 Å². The molecule has 1 fully saturated rings. The van der Waals surface area contributed by atoms with E-state index in [1.807, 2.05) is 0 Å². The van der Waals surface area contributed by atoms with Crippen molar-refractivity contribution in [1.82, 2.24) is 19.4 Å². The summed E-state index contributed by atoms with van der Waals surface area (Å²) in [5.74, 6) is -3.59. The van der Waals surface area contributed by atoms with Gasteiger partial charge < -0.3 is 9.80 Å². The summed E-state index contributed by atoms with van der Waals surface area (Å²) in [6.07, 6.45) is -4.90. The van der Waals surface area contributed by atoms with Crippen LogP contribution in [0.15, 0.2) is 52.1 Å². The van der Waals surface area contributed by atoms with Crippen molar-refractivity contribution < 1.29 is 27.2 Å². The highest BCUT2D eigenvalue weighted by atomic mass is 19.4. The lowest BCUT2D eigenvalue weighted by atomic mass is 10.1. The summed E-state index contributed by atoms with van der Waals surface area (Å²) in [4.78, 5) is 52.9. The molecule has 1 N–H and O–H groups in total. The van der Waals surface area contributed by atoms with Crippen molar-refractivity contribution in [2.24, 2.45) is 0 Å². The summed E-state index contributed by atoms with van der Waals surface area (Å²) in [5.41, 5.74) is -0.803. The fraction of sp³-hybridized carbons (Fsp3) is 0.304. The second kappa shape index (κ2) is 9.01. The van der Waals surface area contributed by atoms with Gasteiger partial charge >= 0.3 is 17.8 Å². The summed E-state index contributed by atoms with van der Waals surface area (Å²) >= 11 is 0. The molecular formula is C23H20F4N4O4. The number of carbonyl (C=O) groups is 2. The van der Waals surface area contributed by atoms with Gasteiger partial charge in [-0.1, -0.05) is 18.2 Å². The molecule has 35 heavy (non-hydrogen) atoms. The molecule has 2 amide bonds. The van der Waals surface area contributed by atoms with E-state index in [-0.39, 0.29) is 37.0 Å². The highest BCUT2D eigenvalue weighted by Crippen LogP contribution is 2.25. The number of fused-ring (bicyclic) bond motifs is 1. The zero-order valence-corrected chi connectivity index (χ0v) is 18.4. The highest BCUT2D eigenvalue weighted by molar-refractivity contribution is 5.95. The molecule has 0 bridgehead atoms. The van der Waals surface area contributed by atoms with Crippen molar-refractivity contribution in [3.8, 4) is 0 Å². The number of amides is 2. The van der Waals surface area contributed by atoms with Crippen molar-refractivity contribution in [3.05, 3.63) is 80.2 Å². The van der Waals surface area contributed by atoms with Crippen LogP contribution < -0.4 is 11.2 Å². The van der Waals surface area contributed by atoms with Crippen LogP contribution in [0.3, 0.4) is 0 Å². The summed E-state index contributed by atoms with van der Waals surface area (Å²) < 4.78 is 54.0. The first-order chi connectivity index (χ1) is 16.5. The number of alkyl halides is 3. The van der Waals surface area contributed by atoms with E-state index in [9.17, 15) is 36.7 Å². The number of nitrogens with zero attached hydrogens (tertiary/aromatic N) is 3. The Kier molecular flexibility index (Phi) is 6.22. The molecule has 8 nitrogen and oxygen atoms in total. The Labute approximate surface area is 195 Å². The van der Waals surface area contributed by atoms with Crippen molar-refractivity contribution in [1.29, 1.82) is 0 Å². The van der Waals surface area contributed by atoms with Crippen LogP contribution in [0.4, 0.5) is 17.6 Å². The van der Waals surface area contributed by atoms with Gasteiger partial charge in [0.25, 0.3) is 11.5 Å². The van der Waals surface area contributed by atoms with E-state index < -0.39 is 41.1 Å². The summed E-state index contributed by atoms with van der Waals surface area (Å²) in [6.45, 7) is -0.566. The van der Waals surface area contributed by atoms with E-state index in [1.165, 1.54) is 23.7 Å². The molecule has 0 radical (unpaired) electrons. The van der Waals surface area contributed by atoms with Crippen molar-refractivity contribution in [2.45, 2.75) is 25.2 Å². The van der Waals surface area contributed by atoms with E-state index >= 15 is 0 Å². The topological polar surface area (TPSA) is 95.5 Å². The summed E-state index contributed by atoms with van der Waals surface area (Å²) in [5, 5.41) is 0.282. The Morgan fingerprint density at radius 3 is 2.57 bits per heavy atom. The average molecular weight is 492 g/mol. The third-order valence-corrected chi connectivity index (χ3v) is 6.07. The molecule has 12 heteroatoms. The standard InChI is InChI=1S/C23H20F4N4O4/c1-29(14-8-9-30(12-14)21(34)23(25,26)27)20(33)16-10-13(6-7-17(16)24)11-31-18-5-3-2-4-15(18)19(32)28-22(31)35/h2-7,10,14H,8-9,11-12H2,1H3,(H,28,32,35). The molecule has 3 aromatic rings. The van der Waals surface area contributed by atoms with Gasteiger partial charge in [0.15, 0.2) is 0 Å². The largest absolute Gasteiger partial charge is 0.471 e. The molecule has 2 aromatic carbocycles. The predicted molar refractivity (Wildman–Crippen MR) is 117 cm³/mol. The zero-order valence-electron chi connectivity index (χ0n) is 18.4. The number of aromatic nitrogens is 2. The molecule has 0 saturated carbocycles. The lowest BCUT2D eigenvalue weighted by molar-refractivity contribution is -0.184. The Balaban J connectivity index is 1.58. The van der Waals surface area contributed by atoms with E-state index in [0.717, 1.165) is 11.0 Å². The van der Waals surface area contributed by atoms with Crippen LogP contribution in [0, 0.1) is 5.82 Å². The third kappa shape index (κ3) is 4.68. The lowest BCUT2D eigenvalue weighted by Crippen LogP contribution is -2.43. The Morgan fingerprint density at radius 1 is 1.14 bits per heavy atom. The second-order valence-corrected chi connectivity index (χ2v) is 8.28. The molecule has 1 aliphatic rings. The summed E-state index contributed by atoms with van der Waals surface area (Å²) in [7, 11) is 1.33. The first-order valence-corrected chi connectivity index (χ1v) is 10.6. The van der Waals surface area contributed by atoms with E-state index in [4.69, 9.17) is 0 Å². The molecule has 1 atom stereocenters. The van der Waals surface area contributed by atoms with Crippen molar-refractivity contribution >= 4 is 22.7 Å². The maximum absolute atomic E-state index is 14.6. The van der Waals surface area contributed by atoms with E-state index in [2.05, 4.69) is 4.98 Å². The molecule has 1 saturated heterocycles. The predicted octanol–water partition coefficient (Wildman–Crippen LogP) is 2.11. The van der Waals surface area contributed by atoms with Gasteiger partial charge in [0.05, 0.1) is 29.1 Å². The molecule has 2 heterocycles. The van der Waals surface area contributed by atoms with Gasteiger partial charge in [-0.15, -0.1) is 0 Å². The quantitative estimate of drug-likeness (QED) is 0.565. The Morgan fingerprint density at radius 2 is 1.86 bits per heavy atom. The van der Waals surface area contributed by atoms with Gasteiger partial charge in [-0.2, -0.15) is 13.2 Å². The molecule has 1 unspecified atom stereocenters. The van der Waals surface area contributed by atoms with Crippen LogP contribution in [0.5, 0.6) is 0 Å². The van der Waals surface area contributed by atoms with Crippen LogP contribution in [0.1, 0.15) is 22.3 Å². The maximum Gasteiger partial charge on any atom is 0.471 e. The Bertz CT molecular complexity index is 1430. The first-order valence-electron chi connectivity index (χ1n) is 10.6. The fourth-order valence-corrected chi connectivity index (χ4v) is 4.19. The number of likely N-dealkylation sites (N-methyl/N-ethyl adjacent to an activating group) is 1. The number of para-hydroxylation sites is 1. The summed E-state index contributed by atoms with van der Waals surface area (Å²) in [6, 6.07) is 9.41. The number of benzene rings is 2. The molecule has 1 aliphatic heterocycles. The molecule has 0 spiro atoms. The van der Waals surface area contributed by atoms with Gasteiger partial charge in [0.1, 0.15) is 5.82 Å². The van der Waals surface area contributed by atoms with E-state index in [1.54, 1.807) is 24.3 Å². The number of hydrogen-bond donors (Lipinski definition) is 1. The second-order valence-electron chi connectivity index (χ2n) is 8.28. The fourth-order valence-electron chi connectivity index (χ4n) is 4.19. The number of carbonyl (C=O) groups excluding carboxylic acids is 2. The smallest absolute Gasteiger partial charge is 0.337 e. The van der Waals surface area contributed by atoms with Crippen LogP contribution in [-0.2, 0) is 11.3 Å². The number of H-pyrrole nitrogens is 1. The molecule has 1 aromatic heterocycles. The minimum Gasteiger partial charge on any atom is -0.337 e. The van der Waals surface area contributed by atoms with Crippen LogP contribution >= 0.6 is 0 Å².